The van der Waals surface area contributed by atoms with Crippen LogP contribution in [0.3, 0.4) is 0 Å². The van der Waals surface area contributed by atoms with Crippen LogP contribution in [-0.2, 0) is 9.47 Å². The molecule has 2 aliphatic rings. The fourth-order valence-corrected chi connectivity index (χ4v) is 2.26. The van der Waals surface area contributed by atoms with Crippen molar-refractivity contribution in [3.8, 4) is 0 Å². The van der Waals surface area contributed by atoms with Crippen molar-refractivity contribution in [3.05, 3.63) is 0 Å². The zero-order valence-electron chi connectivity index (χ0n) is 8.01. The summed E-state index contributed by atoms with van der Waals surface area (Å²) in [6.45, 7) is 5.23. The molecule has 0 aromatic rings. The summed E-state index contributed by atoms with van der Waals surface area (Å²) in [5.74, 6) is 0.646. The normalized spacial score (nSPS) is 46.5. The van der Waals surface area contributed by atoms with Crippen LogP contribution in [-0.4, -0.2) is 18.5 Å². The van der Waals surface area contributed by atoms with E-state index in [9.17, 15) is 0 Å². The lowest BCUT2D eigenvalue weighted by atomic mass is 9.87. The molecular formula is C10H18O2. The highest BCUT2D eigenvalue weighted by molar-refractivity contribution is 4.90. The Balaban J connectivity index is 2.05. The zero-order chi connectivity index (χ0) is 8.60. The van der Waals surface area contributed by atoms with Gasteiger partial charge in [-0.3, -0.25) is 0 Å². The van der Waals surface area contributed by atoms with Crippen molar-refractivity contribution in [1.29, 1.82) is 0 Å². The van der Waals surface area contributed by atoms with Gasteiger partial charge in [-0.1, -0.05) is 13.8 Å². The average Bonchev–Trinajstić information content (AvgIpc) is 2.46. The second-order valence-corrected chi connectivity index (χ2v) is 4.04. The first-order valence-corrected chi connectivity index (χ1v) is 5.09. The van der Waals surface area contributed by atoms with Crippen molar-refractivity contribution in [1.82, 2.24) is 0 Å². The van der Waals surface area contributed by atoms with Gasteiger partial charge in [0.2, 0.25) is 0 Å². The first kappa shape index (κ1) is 8.52. The topological polar surface area (TPSA) is 18.5 Å². The van der Waals surface area contributed by atoms with Gasteiger partial charge in [0.25, 0.3) is 0 Å². The summed E-state index contributed by atoms with van der Waals surface area (Å²) in [7, 11) is 0. The molecule has 0 radical (unpaired) electrons. The molecule has 2 rings (SSSR count). The number of ether oxygens (including phenoxy) is 2. The van der Waals surface area contributed by atoms with E-state index in [1.165, 1.54) is 19.3 Å². The van der Waals surface area contributed by atoms with Crippen LogP contribution in [0.1, 0.15) is 39.5 Å². The predicted molar refractivity (Wildman–Crippen MR) is 46.9 cm³/mol. The molecule has 2 heterocycles. The largest absolute Gasteiger partial charge is 0.349 e. The van der Waals surface area contributed by atoms with Crippen molar-refractivity contribution in [2.75, 3.05) is 6.61 Å². The molecule has 2 heteroatoms. The van der Waals surface area contributed by atoms with Gasteiger partial charge in [0.05, 0.1) is 12.2 Å². The van der Waals surface area contributed by atoms with Crippen molar-refractivity contribution in [2.24, 2.45) is 5.92 Å². The first-order chi connectivity index (χ1) is 5.79. The maximum absolute atomic E-state index is 5.92. The number of hydrogen-bond donors (Lipinski definition) is 0. The average molecular weight is 170 g/mol. The standard InChI is InChI=1S/C10H18O2/c1-3-8-5-6-10(4-2)7-11-9(8)12-10/h8-9H,3-7H2,1-2H3. The van der Waals surface area contributed by atoms with E-state index in [4.69, 9.17) is 9.47 Å². The fourth-order valence-electron chi connectivity index (χ4n) is 2.26. The third-order valence-corrected chi connectivity index (χ3v) is 3.40. The minimum atomic E-state index is 0.0936. The molecule has 2 nitrogen and oxygen atoms in total. The Kier molecular flexibility index (Phi) is 2.13. The van der Waals surface area contributed by atoms with E-state index in [1.54, 1.807) is 0 Å². The maximum Gasteiger partial charge on any atom is 0.161 e. The Morgan fingerprint density at radius 1 is 1.42 bits per heavy atom. The minimum absolute atomic E-state index is 0.0936. The van der Waals surface area contributed by atoms with E-state index in [-0.39, 0.29) is 11.9 Å². The molecule has 2 bridgehead atoms. The fraction of sp³-hybridized carbons (Fsp3) is 1.00. The van der Waals surface area contributed by atoms with Gasteiger partial charge in [0, 0.05) is 5.92 Å². The van der Waals surface area contributed by atoms with Crippen LogP contribution in [0, 0.1) is 5.92 Å². The predicted octanol–water partition coefficient (Wildman–Crippen LogP) is 2.33. The molecule has 2 aliphatic heterocycles. The number of fused-ring (bicyclic) bond motifs is 2. The highest BCUT2D eigenvalue weighted by Gasteiger charge is 2.46. The second kappa shape index (κ2) is 3.00. The molecular weight excluding hydrogens is 152 g/mol. The second-order valence-electron chi connectivity index (χ2n) is 4.04. The monoisotopic (exact) mass is 170 g/mol. The maximum atomic E-state index is 5.92. The van der Waals surface area contributed by atoms with Gasteiger partial charge < -0.3 is 9.47 Å². The van der Waals surface area contributed by atoms with Crippen molar-refractivity contribution in [3.63, 3.8) is 0 Å². The van der Waals surface area contributed by atoms with Gasteiger partial charge in [-0.05, 0) is 25.7 Å². The zero-order valence-corrected chi connectivity index (χ0v) is 8.01. The summed E-state index contributed by atoms with van der Waals surface area (Å²) in [6, 6.07) is 0. The lowest BCUT2D eigenvalue weighted by molar-refractivity contribution is -0.154. The van der Waals surface area contributed by atoms with Crippen LogP contribution in [0.2, 0.25) is 0 Å². The molecule has 0 aromatic heterocycles. The van der Waals surface area contributed by atoms with Gasteiger partial charge in [-0.15, -0.1) is 0 Å². The molecule has 0 aromatic carbocycles. The molecule has 0 spiro atoms. The third-order valence-electron chi connectivity index (χ3n) is 3.40. The molecule has 2 fully saturated rings. The Labute approximate surface area is 74.2 Å². The van der Waals surface area contributed by atoms with Gasteiger partial charge in [-0.25, -0.2) is 0 Å². The van der Waals surface area contributed by atoms with Gasteiger partial charge in [0.1, 0.15) is 0 Å². The highest BCUT2D eigenvalue weighted by Crippen LogP contribution is 2.42. The molecule has 2 saturated heterocycles. The smallest absolute Gasteiger partial charge is 0.161 e. The summed E-state index contributed by atoms with van der Waals surface area (Å²) in [4.78, 5) is 0. The quantitative estimate of drug-likeness (QED) is 0.633. The van der Waals surface area contributed by atoms with Crippen molar-refractivity contribution in [2.45, 2.75) is 51.4 Å². The first-order valence-electron chi connectivity index (χ1n) is 5.09. The molecule has 0 aliphatic carbocycles. The van der Waals surface area contributed by atoms with E-state index >= 15 is 0 Å². The van der Waals surface area contributed by atoms with Crippen LogP contribution in [0.4, 0.5) is 0 Å². The van der Waals surface area contributed by atoms with Gasteiger partial charge in [0.15, 0.2) is 6.29 Å². The lowest BCUT2D eigenvalue weighted by Gasteiger charge is -2.34. The number of hydrogen-bond acceptors (Lipinski definition) is 2. The third kappa shape index (κ3) is 1.17. The minimum Gasteiger partial charge on any atom is -0.349 e. The Morgan fingerprint density at radius 2 is 2.25 bits per heavy atom. The lowest BCUT2D eigenvalue weighted by Crippen LogP contribution is -2.38. The van der Waals surface area contributed by atoms with Crippen LogP contribution < -0.4 is 0 Å². The van der Waals surface area contributed by atoms with E-state index < -0.39 is 0 Å². The van der Waals surface area contributed by atoms with Gasteiger partial charge in [-0.2, -0.15) is 0 Å². The van der Waals surface area contributed by atoms with Crippen LogP contribution in [0.25, 0.3) is 0 Å². The van der Waals surface area contributed by atoms with Crippen LogP contribution in [0.15, 0.2) is 0 Å². The molecule has 0 amide bonds. The molecule has 0 N–H and O–H groups in total. The van der Waals surface area contributed by atoms with Crippen molar-refractivity contribution >= 4 is 0 Å². The molecule has 70 valence electrons. The van der Waals surface area contributed by atoms with Crippen LogP contribution >= 0.6 is 0 Å². The van der Waals surface area contributed by atoms with E-state index in [0.717, 1.165) is 13.0 Å². The Bertz CT molecular complexity index is 169. The van der Waals surface area contributed by atoms with E-state index in [0.29, 0.717) is 5.92 Å². The summed E-state index contributed by atoms with van der Waals surface area (Å²) in [5.41, 5.74) is 0.0936. The molecule has 3 atom stereocenters. The van der Waals surface area contributed by atoms with Crippen molar-refractivity contribution < 1.29 is 9.47 Å². The van der Waals surface area contributed by atoms with Crippen LogP contribution in [0.5, 0.6) is 0 Å². The summed E-state index contributed by atoms with van der Waals surface area (Å²) in [5, 5.41) is 0. The Morgan fingerprint density at radius 3 is 2.92 bits per heavy atom. The molecule has 12 heavy (non-hydrogen) atoms. The van der Waals surface area contributed by atoms with E-state index in [2.05, 4.69) is 13.8 Å². The SMILES string of the molecule is CCC1CCC2(CC)COC1O2. The molecule has 0 saturated carbocycles. The Hall–Kier alpha value is -0.0800. The van der Waals surface area contributed by atoms with E-state index in [1.807, 2.05) is 0 Å². The van der Waals surface area contributed by atoms with Gasteiger partial charge >= 0.3 is 0 Å². The summed E-state index contributed by atoms with van der Waals surface area (Å²) >= 11 is 0. The highest BCUT2D eigenvalue weighted by atomic mass is 16.7. The number of rotatable bonds is 2. The summed E-state index contributed by atoms with van der Waals surface area (Å²) < 4.78 is 11.6. The molecule has 3 unspecified atom stereocenters. The summed E-state index contributed by atoms with van der Waals surface area (Å²) in [6.07, 6.45) is 4.88.